The Morgan fingerprint density at radius 3 is 1.20 bits per heavy atom. The molecule has 0 aliphatic carbocycles. The summed E-state index contributed by atoms with van der Waals surface area (Å²) in [7, 11) is 0. The van der Waals surface area contributed by atoms with Gasteiger partial charge in [0.1, 0.15) is 12.2 Å². The van der Waals surface area contributed by atoms with Crippen LogP contribution < -0.4 is 0 Å². The van der Waals surface area contributed by atoms with Gasteiger partial charge in [-0.25, -0.2) is 4.79 Å². The van der Waals surface area contributed by atoms with Gasteiger partial charge in [0.15, 0.2) is 6.10 Å². The Morgan fingerprint density at radius 2 is 0.833 bits per heavy atom. The fourth-order valence-corrected chi connectivity index (χ4v) is 6.58. The number of unbranched alkanes of at least 4 members (excludes halogenated alkanes) is 23. The second kappa shape index (κ2) is 33.3. The average Bonchev–Trinajstić information content (AvgIpc) is 3.15. The number of hydrogen-bond donors (Lipinski definition) is 6. The third kappa shape index (κ3) is 23.3. The van der Waals surface area contributed by atoms with Crippen molar-refractivity contribution >= 4 is 17.9 Å². The zero-order valence-corrected chi connectivity index (χ0v) is 34.3. The van der Waals surface area contributed by atoms with E-state index in [2.05, 4.69) is 20.8 Å². The van der Waals surface area contributed by atoms with Crippen molar-refractivity contribution in [3.63, 3.8) is 0 Å². The van der Waals surface area contributed by atoms with E-state index in [1.165, 1.54) is 38.5 Å². The monoisotopic (exact) mass is 777 g/mol. The molecule has 0 aliphatic heterocycles. The van der Waals surface area contributed by atoms with E-state index in [-0.39, 0.29) is 25.7 Å². The summed E-state index contributed by atoms with van der Waals surface area (Å²) >= 11 is 0. The molecule has 0 fully saturated rings. The van der Waals surface area contributed by atoms with Crippen LogP contribution in [0.4, 0.5) is 0 Å². The van der Waals surface area contributed by atoms with E-state index in [0.29, 0.717) is 25.7 Å². The van der Waals surface area contributed by atoms with Crippen LogP contribution in [0, 0.1) is 0 Å². The molecule has 0 aliphatic rings. The molecule has 0 aromatic rings. The first-order valence-electron chi connectivity index (χ1n) is 21.6. The molecule has 0 aromatic heterocycles. The van der Waals surface area contributed by atoms with Gasteiger partial charge >= 0.3 is 23.9 Å². The summed E-state index contributed by atoms with van der Waals surface area (Å²) in [6.07, 6.45) is 17.6. The van der Waals surface area contributed by atoms with E-state index in [4.69, 9.17) is 14.2 Å². The molecule has 0 saturated carbocycles. The van der Waals surface area contributed by atoms with Crippen LogP contribution in [0.3, 0.4) is 0 Å². The van der Waals surface area contributed by atoms with Crippen molar-refractivity contribution in [2.75, 3.05) is 13.2 Å². The van der Waals surface area contributed by atoms with Gasteiger partial charge < -0.3 is 44.8 Å². The van der Waals surface area contributed by atoms with Crippen LogP contribution in [-0.4, -0.2) is 91.6 Å². The van der Waals surface area contributed by atoms with Gasteiger partial charge in [0.25, 0.3) is 0 Å². The number of aliphatic hydroxyl groups excluding tert-OH is 5. The molecule has 0 saturated heterocycles. The first-order chi connectivity index (χ1) is 26.0. The van der Waals surface area contributed by atoms with Gasteiger partial charge in [0.2, 0.25) is 5.60 Å². The highest BCUT2D eigenvalue weighted by molar-refractivity contribution is 5.85. The molecule has 54 heavy (non-hydrogen) atoms. The second-order valence-electron chi connectivity index (χ2n) is 15.1. The smallest absolute Gasteiger partial charge is 0.403 e. The Morgan fingerprint density at radius 1 is 0.481 bits per heavy atom. The van der Waals surface area contributed by atoms with Gasteiger partial charge in [-0.3, -0.25) is 9.59 Å². The number of rotatable bonds is 38. The SMILES string of the molecule is CCCCCCCCCCCC(=O)OC(O)(OC(=O)C(CCCCCCCCCC)(OC(=O)CCCCCCCCCCC)C(O)C(O)CO)C(O)CO. The van der Waals surface area contributed by atoms with Crippen molar-refractivity contribution in [3.05, 3.63) is 0 Å². The Hall–Kier alpha value is -1.83. The van der Waals surface area contributed by atoms with Gasteiger partial charge in [-0.15, -0.1) is 0 Å². The topological polar surface area (TPSA) is 200 Å². The third-order valence-electron chi connectivity index (χ3n) is 10.1. The van der Waals surface area contributed by atoms with E-state index in [1.54, 1.807) is 0 Å². The molecule has 0 amide bonds. The summed E-state index contributed by atoms with van der Waals surface area (Å²) in [5.74, 6) is -6.88. The van der Waals surface area contributed by atoms with E-state index in [9.17, 15) is 45.0 Å². The van der Waals surface area contributed by atoms with Gasteiger partial charge in [-0.2, -0.15) is 0 Å². The lowest BCUT2D eigenvalue weighted by Crippen LogP contribution is -2.62. The summed E-state index contributed by atoms with van der Waals surface area (Å²) in [5.41, 5.74) is -2.65. The molecule has 5 unspecified atom stereocenters. The molecule has 320 valence electrons. The van der Waals surface area contributed by atoms with Crippen molar-refractivity contribution < 1.29 is 59.2 Å². The van der Waals surface area contributed by atoms with Gasteiger partial charge in [0.05, 0.1) is 13.2 Å². The van der Waals surface area contributed by atoms with Crippen LogP contribution in [0.1, 0.15) is 207 Å². The summed E-state index contributed by atoms with van der Waals surface area (Å²) < 4.78 is 15.9. The minimum Gasteiger partial charge on any atom is -0.444 e. The number of ether oxygens (including phenoxy) is 3. The van der Waals surface area contributed by atoms with Gasteiger partial charge in [-0.1, -0.05) is 168 Å². The van der Waals surface area contributed by atoms with Gasteiger partial charge in [-0.05, 0) is 19.3 Å². The fourth-order valence-electron chi connectivity index (χ4n) is 6.58. The molecule has 0 heterocycles. The van der Waals surface area contributed by atoms with Crippen molar-refractivity contribution in [1.82, 2.24) is 0 Å². The van der Waals surface area contributed by atoms with E-state index < -0.39 is 61.0 Å². The molecule has 0 aromatic carbocycles. The summed E-state index contributed by atoms with van der Waals surface area (Å²) in [6, 6.07) is 0. The van der Waals surface area contributed by atoms with Crippen molar-refractivity contribution in [2.24, 2.45) is 0 Å². The molecule has 0 spiro atoms. The first-order valence-corrected chi connectivity index (χ1v) is 21.6. The lowest BCUT2D eigenvalue weighted by Gasteiger charge is -2.39. The Kier molecular flexibility index (Phi) is 32.2. The van der Waals surface area contributed by atoms with Crippen LogP contribution >= 0.6 is 0 Å². The van der Waals surface area contributed by atoms with Gasteiger partial charge in [0, 0.05) is 19.3 Å². The normalized spacial score (nSPS) is 15.5. The highest BCUT2D eigenvalue weighted by Crippen LogP contribution is 2.32. The van der Waals surface area contributed by atoms with Crippen LogP contribution in [0.5, 0.6) is 0 Å². The lowest BCUT2D eigenvalue weighted by atomic mass is 9.86. The summed E-state index contributed by atoms with van der Waals surface area (Å²) in [4.78, 5) is 40.2. The number of hydrogen-bond acceptors (Lipinski definition) is 12. The maximum atomic E-state index is 14.1. The van der Waals surface area contributed by atoms with Crippen LogP contribution in [0.25, 0.3) is 0 Å². The average molecular weight is 777 g/mol. The zero-order chi connectivity index (χ0) is 40.5. The minimum absolute atomic E-state index is 0.110. The largest absolute Gasteiger partial charge is 0.444 e. The zero-order valence-electron chi connectivity index (χ0n) is 34.3. The highest BCUT2D eigenvalue weighted by atomic mass is 16.9. The first kappa shape index (κ1) is 52.2. The summed E-state index contributed by atoms with van der Waals surface area (Å²) in [5, 5.41) is 63.1. The maximum absolute atomic E-state index is 14.1. The van der Waals surface area contributed by atoms with E-state index in [0.717, 1.165) is 96.3 Å². The molecular weight excluding hydrogens is 696 g/mol. The lowest BCUT2D eigenvalue weighted by molar-refractivity contribution is -0.369. The van der Waals surface area contributed by atoms with E-state index in [1.807, 2.05) is 0 Å². The molecule has 12 heteroatoms. The Labute approximate surface area is 326 Å². The van der Waals surface area contributed by atoms with E-state index >= 15 is 0 Å². The summed E-state index contributed by atoms with van der Waals surface area (Å²) in [6.45, 7) is 4.27. The Bertz CT molecular complexity index is 933. The fraction of sp³-hybridized carbons (Fsp3) is 0.929. The number of carbonyl (C=O) groups excluding carboxylic acids is 3. The van der Waals surface area contributed by atoms with Crippen LogP contribution in [0.15, 0.2) is 0 Å². The van der Waals surface area contributed by atoms with Crippen LogP contribution in [0.2, 0.25) is 0 Å². The standard InChI is InChI=1S/C42H80O12/c1-4-7-10-13-16-19-21-24-27-30-37(47)52-41(39(49)35(45)33-43,32-29-26-23-18-15-12-9-6-3)40(50)54-42(51,36(46)34-44)53-38(48)31-28-25-22-20-17-14-11-8-5-2/h35-36,39,43-46,49,51H,4-34H2,1-3H3. The molecule has 0 rings (SSSR count). The quantitative estimate of drug-likeness (QED) is 0.0206. The molecule has 0 bridgehead atoms. The number of aliphatic hydroxyl groups is 6. The predicted octanol–water partition coefficient (Wildman–Crippen LogP) is 7.44. The molecule has 6 N–H and O–H groups in total. The molecular formula is C42H80O12. The number of esters is 3. The van der Waals surface area contributed by atoms with Crippen LogP contribution in [-0.2, 0) is 28.6 Å². The minimum atomic E-state index is -3.40. The highest BCUT2D eigenvalue weighted by Gasteiger charge is 2.57. The molecule has 5 atom stereocenters. The maximum Gasteiger partial charge on any atom is 0.403 e. The molecule has 12 nitrogen and oxygen atoms in total. The van der Waals surface area contributed by atoms with Crippen molar-refractivity contribution in [1.29, 1.82) is 0 Å². The Balaban J connectivity index is 5.89. The van der Waals surface area contributed by atoms with Crippen molar-refractivity contribution in [2.45, 2.75) is 237 Å². The van der Waals surface area contributed by atoms with Crippen molar-refractivity contribution in [3.8, 4) is 0 Å². The number of carbonyl (C=O) groups is 3. The predicted molar refractivity (Wildman–Crippen MR) is 209 cm³/mol. The second-order valence-corrected chi connectivity index (χ2v) is 15.1. The molecule has 0 radical (unpaired) electrons. The third-order valence-corrected chi connectivity index (χ3v) is 10.1.